The maximum atomic E-state index is 5.93. The van der Waals surface area contributed by atoms with Gasteiger partial charge in [0.2, 0.25) is 0 Å². The predicted molar refractivity (Wildman–Crippen MR) is 82.7 cm³/mol. The Bertz CT molecular complexity index is 654. The van der Waals surface area contributed by atoms with Crippen LogP contribution in [0.25, 0.3) is 11.0 Å². The molecule has 1 aromatic heterocycles. The zero-order valence-electron chi connectivity index (χ0n) is 12.3. The Morgan fingerprint density at radius 2 is 1.95 bits per heavy atom. The van der Waals surface area contributed by atoms with Gasteiger partial charge in [0.05, 0.1) is 11.0 Å². The van der Waals surface area contributed by atoms with Gasteiger partial charge in [0.15, 0.2) is 0 Å². The second-order valence-electron chi connectivity index (χ2n) is 6.84. The number of nitrogens with zero attached hydrogens (tertiary/aromatic N) is 2. The summed E-state index contributed by atoms with van der Waals surface area (Å²) in [5.41, 5.74) is 9.11. The van der Waals surface area contributed by atoms with Gasteiger partial charge in [-0.1, -0.05) is 13.8 Å². The van der Waals surface area contributed by atoms with E-state index in [0.717, 1.165) is 23.0 Å². The highest BCUT2D eigenvalue weighted by molar-refractivity contribution is 5.80. The van der Waals surface area contributed by atoms with Gasteiger partial charge in [-0.3, -0.25) is 0 Å². The van der Waals surface area contributed by atoms with E-state index < -0.39 is 0 Å². The van der Waals surface area contributed by atoms with Crippen LogP contribution in [0.3, 0.4) is 0 Å². The number of benzene rings is 1. The maximum absolute atomic E-state index is 5.93. The first-order chi connectivity index (χ1) is 9.65. The van der Waals surface area contributed by atoms with E-state index in [1.807, 2.05) is 12.1 Å². The highest BCUT2D eigenvalue weighted by Gasteiger charge is 2.37. The zero-order chi connectivity index (χ0) is 13.9. The van der Waals surface area contributed by atoms with Crippen molar-refractivity contribution in [2.45, 2.75) is 51.5 Å². The molecule has 1 heterocycles. The molecule has 0 bridgehead atoms. The molecule has 3 nitrogen and oxygen atoms in total. The molecule has 2 N–H and O–H groups in total. The van der Waals surface area contributed by atoms with Crippen LogP contribution < -0.4 is 5.73 Å². The van der Waals surface area contributed by atoms with Crippen molar-refractivity contribution in [2.75, 3.05) is 5.73 Å². The molecular formula is C17H23N3. The van der Waals surface area contributed by atoms with Crippen LogP contribution in [-0.4, -0.2) is 9.55 Å². The van der Waals surface area contributed by atoms with Gasteiger partial charge < -0.3 is 10.3 Å². The van der Waals surface area contributed by atoms with Gasteiger partial charge >= 0.3 is 0 Å². The van der Waals surface area contributed by atoms with Crippen molar-refractivity contribution in [2.24, 2.45) is 11.8 Å². The Morgan fingerprint density at radius 3 is 2.60 bits per heavy atom. The van der Waals surface area contributed by atoms with Crippen molar-refractivity contribution in [3.05, 3.63) is 24.0 Å². The summed E-state index contributed by atoms with van der Waals surface area (Å²) in [5.74, 6) is 3.56. The van der Waals surface area contributed by atoms with Crippen molar-refractivity contribution in [1.29, 1.82) is 0 Å². The summed E-state index contributed by atoms with van der Waals surface area (Å²) in [7, 11) is 0. The SMILES string of the molecule is CC1CCC(n2c(C3CC3)nc3cc(N)ccc32)C1C. The predicted octanol–water partition coefficient (Wildman–Crippen LogP) is 4.10. The third kappa shape index (κ3) is 1.75. The average molecular weight is 269 g/mol. The molecule has 4 rings (SSSR count). The molecule has 2 aliphatic rings. The molecule has 2 saturated carbocycles. The number of fused-ring (bicyclic) bond motifs is 1. The number of nitrogen functional groups attached to an aromatic ring is 1. The highest BCUT2D eigenvalue weighted by atomic mass is 15.1. The third-order valence-electron chi connectivity index (χ3n) is 5.44. The number of anilines is 1. The summed E-state index contributed by atoms with van der Waals surface area (Å²) in [4.78, 5) is 4.92. The second-order valence-corrected chi connectivity index (χ2v) is 6.84. The van der Waals surface area contributed by atoms with Crippen LogP contribution in [-0.2, 0) is 0 Å². The van der Waals surface area contributed by atoms with Gasteiger partial charge in [0, 0.05) is 17.6 Å². The standard InChI is InChI=1S/C17H23N3/c1-10-3-7-15(11(10)2)20-16-8-6-13(18)9-14(16)19-17(20)12-4-5-12/h6,8-12,15H,3-5,7,18H2,1-2H3. The van der Waals surface area contributed by atoms with Crippen molar-refractivity contribution in [3.8, 4) is 0 Å². The average Bonchev–Trinajstić information content (AvgIpc) is 3.14. The fourth-order valence-corrected chi connectivity index (χ4v) is 3.82. The summed E-state index contributed by atoms with van der Waals surface area (Å²) >= 11 is 0. The lowest BCUT2D eigenvalue weighted by Gasteiger charge is -2.23. The largest absolute Gasteiger partial charge is 0.399 e. The first kappa shape index (κ1) is 12.2. The Balaban J connectivity index is 1.89. The summed E-state index contributed by atoms with van der Waals surface area (Å²) in [6.07, 6.45) is 5.23. The van der Waals surface area contributed by atoms with Crippen molar-refractivity contribution in [1.82, 2.24) is 9.55 Å². The quantitative estimate of drug-likeness (QED) is 0.834. The van der Waals surface area contributed by atoms with E-state index in [-0.39, 0.29) is 0 Å². The molecule has 3 atom stereocenters. The van der Waals surface area contributed by atoms with E-state index in [9.17, 15) is 0 Å². The molecule has 3 heteroatoms. The smallest absolute Gasteiger partial charge is 0.113 e. The van der Waals surface area contributed by atoms with Crippen molar-refractivity contribution >= 4 is 16.7 Å². The molecule has 0 spiro atoms. The molecule has 2 aliphatic carbocycles. The van der Waals surface area contributed by atoms with E-state index in [2.05, 4.69) is 24.5 Å². The number of imidazole rings is 1. The molecule has 2 aromatic rings. The first-order valence-corrected chi connectivity index (χ1v) is 7.92. The van der Waals surface area contributed by atoms with Gasteiger partial charge in [-0.15, -0.1) is 0 Å². The number of nitrogens with two attached hydrogens (primary N) is 1. The number of aromatic nitrogens is 2. The van der Waals surface area contributed by atoms with Crippen LogP contribution in [0.1, 0.15) is 57.3 Å². The van der Waals surface area contributed by atoms with Gasteiger partial charge in [-0.05, 0) is 55.7 Å². The first-order valence-electron chi connectivity index (χ1n) is 7.92. The molecule has 0 aliphatic heterocycles. The Hall–Kier alpha value is -1.51. The maximum Gasteiger partial charge on any atom is 0.113 e. The van der Waals surface area contributed by atoms with E-state index >= 15 is 0 Å². The summed E-state index contributed by atoms with van der Waals surface area (Å²) in [6.45, 7) is 4.79. The fraction of sp³-hybridized carbons (Fsp3) is 0.588. The van der Waals surface area contributed by atoms with Gasteiger partial charge in [-0.2, -0.15) is 0 Å². The minimum atomic E-state index is 0.620. The fourth-order valence-electron chi connectivity index (χ4n) is 3.82. The molecule has 1 aromatic carbocycles. The lowest BCUT2D eigenvalue weighted by atomic mass is 9.97. The van der Waals surface area contributed by atoms with Crippen LogP contribution in [0, 0.1) is 11.8 Å². The Kier molecular flexibility index (Phi) is 2.60. The summed E-state index contributed by atoms with van der Waals surface area (Å²) < 4.78 is 2.56. The van der Waals surface area contributed by atoms with Crippen LogP contribution in [0.2, 0.25) is 0 Å². The Labute approximate surface area is 120 Å². The van der Waals surface area contributed by atoms with Crippen LogP contribution in [0.5, 0.6) is 0 Å². The van der Waals surface area contributed by atoms with E-state index in [0.29, 0.717) is 12.0 Å². The molecule has 3 unspecified atom stereocenters. The molecule has 0 amide bonds. The molecule has 0 radical (unpaired) electrons. The Morgan fingerprint density at radius 1 is 1.15 bits per heavy atom. The van der Waals surface area contributed by atoms with Gasteiger partial charge in [-0.25, -0.2) is 4.98 Å². The van der Waals surface area contributed by atoms with E-state index in [1.165, 1.54) is 37.0 Å². The summed E-state index contributed by atoms with van der Waals surface area (Å²) in [5, 5.41) is 0. The normalized spacial score (nSPS) is 30.2. The molecule has 20 heavy (non-hydrogen) atoms. The highest BCUT2D eigenvalue weighted by Crippen LogP contribution is 2.47. The second kappa shape index (κ2) is 4.24. The van der Waals surface area contributed by atoms with E-state index in [1.54, 1.807) is 0 Å². The van der Waals surface area contributed by atoms with Gasteiger partial charge in [0.1, 0.15) is 5.82 Å². The van der Waals surface area contributed by atoms with Crippen LogP contribution >= 0.6 is 0 Å². The molecule has 2 fully saturated rings. The lowest BCUT2D eigenvalue weighted by Crippen LogP contribution is -2.16. The van der Waals surface area contributed by atoms with Crippen molar-refractivity contribution < 1.29 is 0 Å². The molecular weight excluding hydrogens is 246 g/mol. The number of hydrogen-bond donors (Lipinski definition) is 1. The minimum absolute atomic E-state index is 0.620. The van der Waals surface area contributed by atoms with Gasteiger partial charge in [0.25, 0.3) is 0 Å². The number of hydrogen-bond acceptors (Lipinski definition) is 2. The third-order valence-corrected chi connectivity index (χ3v) is 5.44. The summed E-state index contributed by atoms with van der Waals surface area (Å²) in [6, 6.07) is 6.83. The lowest BCUT2D eigenvalue weighted by molar-refractivity contribution is 0.352. The van der Waals surface area contributed by atoms with Crippen molar-refractivity contribution in [3.63, 3.8) is 0 Å². The zero-order valence-corrected chi connectivity index (χ0v) is 12.3. The number of rotatable bonds is 2. The molecule has 0 saturated heterocycles. The van der Waals surface area contributed by atoms with E-state index in [4.69, 9.17) is 10.7 Å². The van der Waals surface area contributed by atoms with Crippen LogP contribution in [0.4, 0.5) is 5.69 Å². The minimum Gasteiger partial charge on any atom is -0.399 e. The molecule has 106 valence electrons. The van der Waals surface area contributed by atoms with Crippen LogP contribution in [0.15, 0.2) is 18.2 Å². The monoisotopic (exact) mass is 269 g/mol. The topological polar surface area (TPSA) is 43.8 Å².